The summed E-state index contributed by atoms with van der Waals surface area (Å²) in [7, 11) is 0. The summed E-state index contributed by atoms with van der Waals surface area (Å²) in [6.07, 6.45) is 1.47. The first-order valence-corrected chi connectivity index (χ1v) is 8.56. The van der Waals surface area contributed by atoms with Crippen LogP contribution in [-0.2, 0) is 11.3 Å². The van der Waals surface area contributed by atoms with Gasteiger partial charge in [-0.15, -0.1) is 5.10 Å². The molecule has 0 bridgehead atoms. The fraction of sp³-hybridized carbons (Fsp3) is 0.375. The van der Waals surface area contributed by atoms with Crippen molar-refractivity contribution in [3.63, 3.8) is 0 Å². The monoisotopic (exact) mass is 345 g/mol. The SMILES string of the molecule is Cc1nnsc1CNC(=O)Nc1ccc(N2C(=O)CCC2C)cc1. The quantitative estimate of drug-likeness (QED) is 0.892. The third kappa shape index (κ3) is 3.53. The van der Waals surface area contributed by atoms with E-state index in [1.807, 2.05) is 30.9 Å². The minimum absolute atomic E-state index is 0.148. The van der Waals surface area contributed by atoms with Gasteiger partial charge >= 0.3 is 6.03 Å². The molecule has 0 saturated carbocycles. The van der Waals surface area contributed by atoms with Gasteiger partial charge in [0, 0.05) is 23.8 Å². The number of amides is 3. The van der Waals surface area contributed by atoms with E-state index in [1.54, 1.807) is 12.1 Å². The van der Waals surface area contributed by atoms with Gasteiger partial charge in [0.15, 0.2) is 0 Å². The number of benzene rings is 1. The molecule has 1 fully saturated rings. The van der Waals surface area contributed by atoms with Crippen LogP contribution in [0, 0.1) is 6.92 Å². The summed E-state index contributed by atoms with van der Waals surface area (Å²) in [5.74, 6) is 0.148. The lowest BCUT2D eigenvalue weighted by Gasteiger charge is -2.22. The lowest BCUT2D eigenvalue weighted by Crippen LogP contribution is -2.30. The summed E-state index contributed by atoms with van der Waals surface area (Å²) >= 11 is 1.27. The summed E-state index contributed by atoms with van der Waals surface area (Å²) in [6.45, 7) is 4.30. The topological polar surface area (TPSA) is 87.2 Å². The first-order valence-electron chi connectivity index (χ1n) is 7.79. The van der Waals surface area contributed by atoms with Crippen molar-refractivity contribution in [3.8, 4) is 0 Å². The van der Waals surface area contributed by atoms with Crippen LogP contribution in [-0.4, -0.2) is 27.6 Å². The van der Waals surface area contributed by atoms with Gasteiger partial charge in [-0.05, 0) is 56.1 Å². The Balaban J connectivity index is 1.57. The molecule has 126 valence electrons. The van der Waals surface area contributed by atoms with Crippen LogP contribution < -0.4 is 15.5 Å². The van der Waals surface area contributed by atoms with Crippen LogP contribution in [0.15, 0.2) is 24.3 Å². The first kappa shape index (κ1) is 16.4. The normalized spacial score (nSPS) is 17.2. The molecule has 1 aliphatic rings. The molecule has 1 atom stereocenters. The maximum Gasteiger partial charge on any atom is 0.319 e. The highest BCUT2D eigenvalue weighted by atomic mass is 32.1. The average molecular weight is 345 g/mol. The molecule has 2 aromatic rings. The maximum atomic E-state index is 11.9. The molecule has 0 radical (unpaired) electrons. The molecule has 1 aliphatic heterocycles. The van der Waals surface area contributed by atoms with Crippen molar-refractivity contribution in [1.29, 1.82) is 0 Å². The molecule has 7 nitrogen and oxygen atoms in total. The van der Waals surface area contributed by atoms with E-state index in [2.05, 4.69) is 20.2 Å². The Hall–Kier alpha value is -2.48. The fourth-order valence-electron chi connectivity index (χ4n) is 2.68. The minimum Gasteiger partial charge on any atom is -0.333 e. The maximum absolute atomic E-state index is 11.9. The van der Waals surface area contributed by atoms with Crippen molar-refractivity contribution in [3.05, 3.63) is 34.8 Å². The second-order valence-electron chi connectivity index (χ2n) is 5.79. The zero-order valence-corrected chi connectivity index (χ0v) is 14.4. The van der Waals surface area contributed by atoms with E-state index in [9.17, 15) is 9.59 Å². The van der Waals surface area contributed by atoms with Crippen LogP contribution >= 0.6 is 11.5 Å². The predicted octanol–water partition coefficient (Wildman–Crippen LogP) is 2.68. The van der Waals surface area contributed by atoms with Gasteiger partial charge in [-0.1, -0.05) is 4.49 Å². The van der Waals surface area contributed by atoms with Gasteiger partial charge < -0.3 is 15.5 Å². The Bertz CT molecular complexity index is 743. The van der Waals surface area contributed by atoms with Gasteiger partial charge in [0.1, 0.15) is 0 Å². The highest BCUT2D eigenvalue weighted by Crippen LogP contribution is 2.27. The van der Waals surface area contributed by atoms with E-state index in [1.165, 1.54) is 11.5 Å². The van der Waals surface area contributed by atoms with E-state index < -0.39 is 0 Å². The Morgan fingerprint density at radius 1 is 1.38 bits per heavy atom. The van der Waals surface area contributed by atoms with E-state index in [0.717, 1.165) is 22.7 Å². The van der Waals surface area contributed by atoms with Crippen molar-refractivity contribution >= 4 is 34.8 Å². The Morgan fingerprint density at radius 2 is 2.12 bits per heavy atom. The third-order valence-electron chi connectivity index (χ3n) is 4.04. The molecule has 1 aromatic carbocycles. The summed E-state index contributed by atoms with van der Waals surface area (Å²) in [5, 5.41) is 9.45. The molecule has 1 unspecified atom stereocenters. The van der Waals surface area contributed by atoms with Gasteiger partial charge in [0.2, 0.25) is 5.91 Å². The number of carbonyl (C=O) groups excluding carboxylic acids is 2. The standard InChI is InChI=1S/C16H19N5O2S/c1-10-3-8-15(22)21(10)13-6-4-12(5-7-13)18-16(23)17-9-14-11(2)19-20-24-14/h4-7,10H,3,8-9H2,1-2H3,(H2,17,18,23). The van der Waals surface area contributed by atoms with Crippen LogP contribution in [0.5, 0.6) is 0 Å². The molecule has 8 heteroatoms. The van der Waals surface area contributed by atoms with E-state index >= 15 is 0 Å². The molecular weight excluding hydrogens is 326 g/mol. The van der Waals surface area contributed by atoms with Crippen molar-refractivity contribution in [2.45, 2.75) is 39.3 Å². The van der Waals surface area contributed by atoms with Crippen LogP contribution in [0.4, 0.5) is 16.2 Å². The lowest BCUT2D eigenvalue weighted by atomic mass is 10.2. The molecule has 1 aromatic heterocycles. The van der Waals surface area contributed by atoms with E-state index in [-0.39, 0.29) is 18.0 Å². The summed E-state index contributed by atoms with van der Waals surface area (Å²) < 4.78 is 3.83. The Morgan fingerprint density at radius 3 is 2.71 bits per heavy atom. The molecule has 24 heavy (non-hydrogen) atoms. The van der Waals surface area contributed by atoms with Gasteiger partial charge in [-0.3, -0.25) is 4.79 Å². The summed E-state index contributed by atoms with van der Waals surface area (Å²) in [4.78, 5) is 26.6. The molecule has 0 aliphatic carbocycles. The number of nitrogens with one attached hydrogen (secondary N) is 2. The second kappa shape index (κ2) is 6.96. The number of aryl methyl sites for hydroxylation is 1. The second-order valence-corrected chi connectivity index (χ2v) is 6.63. The Labute approximate surface area is 144 Å². The lowest BCUT2D eigenvalue weighted by molar-refractivity contribution is -0.117. The summed E-state index contributed by atoms with van der Waals surface area (Å²) in [5.41, 5.74) is 2.37. The van der Waals surface area contributed by atoms with Crippen molar-refractivity contribution < 1.29 is 9.59 Å². The number of aromatic nitrogens is 2. The predicted molar refractivity (Wildman–Crippen MR) is 93.1 cm³/mol. The number of nitrogens with zero attached hydrogens (tertiary/aromatic N) is 3. The molecule has 0 spiro atoms. The zero-order valence-electron chi connectivity index (χ0n) is 13.6. The molecule has 3 rings (SSSR count). The van der Waals surface area contributed by atoms with Crippen LogP contribution in [0.3, 0.4) is 0 Å². The average Bonchev–Trinajstić information content (AvgIpc) is 3.12. The molecule has 2 heterocycles. The molecule has 1 saturated heterocycles. The van der Waals surface area contributed by atoms with Crippen LogP contribution in [0.25, 0.3) is 0 Å². The van der Waals surface area contributed by atoms with Gasteiger partial charge in [-0.25, -0.2) is 4.79 Å². The van der Waals surface area contributed by atoms with Crippen molar-refractivity contribution in [1.82, 2.24) is 14.9 Å². The molecular formula is C16H19N5O2S. The number of hydrogen-bond donors (Lipinski definition) is 2. The molecule has 2 N–H and O–H groups in total. The van der Waals surface area contributed by atoms with Gasteiger partial charge in [0.25, 0.3) is 0 Å². The number of rotatable bonds is 4. The smallest absolute Gasteiger partial charge is 0.319 e. The van der Waals surface area contributed by atoms with E-state index in [4.69, 9.17) is 0 Å². The third-order valence-corrected chi connectivity index (χ3v) is 4.87. The molecule has 3 amide bonds. The highest BCUT2D eigenvalue weighted by molar-refractivity contribution is 7.05. The number of carbonyl (C=O) groups is 2. The van der Waals surface area contributed by atoms with Crippen molar-refractivity contribution in [2.75, 3.05) is 10.2 Å². The first-order chi connectivity index (χ1) is 11.5. The highest BCUT2D eigenvalue weighted by Gasteiger charge is 2.28. The van der Waals surface area contributed by atoms with Crippen LogP contribution in [0.1, 0.15) is 30.3 Å². The minimum atomic E-state index is -0.291. The fourth-order valence-corrected chi connectivity index (χ4v) is 3.25. The van der Waals surface area contributed by atoms with Gasteiger partial charge in [0.05, 0.1) is 17.1 Å². The largest absolute Gasteiger partial charge is 0.333 e. The Kier molecular flexibility index (Phi) is 4.75. The number of hydrogen-bond acceptors (Lipinski definition) is 5. The number of urea groups is 1. The van der Waals surface area contributed by atoms with Gasteiger partial charge in [-0.2, -0.15) is 0 Å². The van der Waals surface area contributed by atoms with Crippen molar-refractivity contribution in [2.24, 2.45) is 0 Å². The summed E-state index contributed by atoms with van der Waals surface area (Å²) in [6, 6.07) is 7.23. The van der Waals surface area contributed by atoms with E-state index in [0.29, 0.717) is 18.7 Å². The number of anilines is 2. The zero-order chi connectivity index (χ0) is 17.1. The van der Waals surface area contributed by atoms with Crippen LogP contribution in [0.2, 0.25) is 0 Å².